The Morgan fingerprint density at radius 2 is 0.893 bits per heavy atom. The second kappa shape index (κ2) is 54.6. The SMILES string of the molecule is C[C@](O)(CN=[N+]=[N-])Cn1cc([N+](=O)[O-])nc1Cl.C[C@](O)(CO)Cn1cc([N+](=O)[O-])nc1Cl.C[C@](O)(COC(=O)c1ccc([N+](=O)[O-])cc1)Cn1cc([N+](=O)[O-])nc1Cl.C[C@](O)(COS(C)(=O)=O)Cn1cc([N+](=O)[O-])nc1Cl.C[C@]1(CN=[N+]=[N-])Cn2cc([N+](=O)[O-])nc2O1.C[C@]1(COC(=O)c2ccc([N+](=O)[O-])cc2)CO1.O=[N+]([O-])c1cn([N+](=O)[O-])cn1.O=[N+]([O-])c1cnc(Cl)[nH]1.O=[N+]([O-])c1cnc([N+](=O)[O-])[nH]1.O=[N+]([O-])c1cnc[nH]1. The lowest BCUT2D eigenvalue weighted by atomic mass is 10.1. The lowest BCUT2D eigenvalue weighted by molar-refractivity contribution is -0.542. The fraction of sp³-hybridized carbons (Fsp3) is 0.379. The Labute approximate surface area is 847 Å². The number of rotatable bonds is 35. The number of non-ortho nitro benzene ring substituents is 2. The summed E-state index contributed by atoms with van der Waals surface area (Å²) < 4.78 is 53.3. The molecule has 11 heterocycles. The van der Waals surface area contributed by atoms with Crippen molar-refractivity contribution in [3.8, 4) is 6.01 Å². The van der Waals surface area contributed by atoms with Crippen LogP contribution >= 0.6 is 58.0 Å². The van der Waals surface area contributed by atoms with E-state index in [1.807, 2.05) is 11.9 Å². The number of nitrogens with zero attached hydrogens (tertiary/aromatic N) is 34. The maximum atomic E-state index is 11.9. The van der Waals surface area contributed by atoms with Crippen LogP contribution in [0.2, 0.25) is 26.4 Å². The largest absolute Gasteiger partial charge is 0.459 e. The van der Waals surface area contributed by atoms with Crippen LogP contribution in [0.1, 0.15) is 62.3 Å². The number of nitro benzene ring substituents is 2. The van der Waals surface area contributed by atoms with Gasteiger partial charge >= 0.3 is 97.4 Å². The van der Waals surface area contributed by atoms with E-state index in [1.165, 1.54) is 90.3 Å². The number of azide groups is 2. The second-order valence-electron chi connectivity index (χ2n) is 30.4. The highest BCUT2D eigenvalue weighted by Gasteiger charge is 2.42. The topological polar surface area (TPSA) is 1070 Å². The van der Waals surface area contributed by atoms with E-state index >= 15 is 0 Å². The number of fused-ring (bicyclic) bond motifs is 1. The third kappa shape index (κ3) is 42.8. The first-order chi connectivity index (χ1) is 69.1. The van der Waals surface area contributed by atoms with E-state index in [-0.39, 0.29) is 118 Å². The van der Waals surface area contributed by atoms with Crippen molar-refractivity contribution < 1.29 is 131 Å². The number of carbonyl (C=O) groups is 2. The van der Waals surface area contributed by atoms with Gasteiger partial charge < -0.3 is 146 Å². The number of hydrogen-bond acceptors (Lipinski definition) is 51. The Kier molecular flexibility index (Phi) is 45.2. The molecule has 0 spiro atoms. The number of nitro groups is 13. The minimum Gasteiger partial charge on any atom is -0.459 e. The average Bonchev–Trinajstić information content (AvgIpc) is 1.63. The average molecular weight is 2230 g/mol. The Bertz CT molecular complexity index is 6720. The minimum atomic E-state index is -3.69. The highest BCUT2D eigenvalue weighted by atomic mass is 35.5. The summed E-state index contributed by atoms with van der Waals surface area (Å²) in [4.78, 5) is 191. The molecule has 149 heavy (non-hydrogen) atoms. The number of esters is 2. The first-order valence-electron chi connectivity index (χ1n) is 38.9. The van der Waals surface area contributed by atoms with Gasteiger partial charge in [0.05, 0.1) is 98.5 Å². The highest BCUT2D eigenvalue weighted by Crippen LogP contribution is 2.33. The summed E-state index contributed by atoms with van der Waals surface area (Å²) in [5.74, 6) is -5.22. The summed E-state index contributed by atoms with van der Waals surface area (Å²) in [7, 11) is -3.69. The van der Waals surface area contributed by atoms with Crippen molar-refractivity contribution in [2.45, 2.75) is 108 Å². The van der Waals surface area contributed by atoms with E-state index in [1.54, 1.807) is 6.92 Å². The molecule has 0 aliphatic carbocycles. The van der Waals surface area contributed by atoms with Crippen LogP contribution in [0.3, 0.4) is 0 Å². The van der Waals surface area contributed by atoms with Gasteiger partial charge in [0.1, 0.15) is 84.6 Å². The van der Waals surface area contributed by atoms with Crippen molar-refractivity contribution in [2.24, 2.45) is 10.2 Å². The lowest BCUT2D eigenvalue weighted by Crippen LogP contribution is -2.36. The number of aliphatic hydroxyl groups excluding tert-OH is 1. The van der Waals surface area contributed by atoms with Crippen LogP contribution in [-0.2, 0) is 61.2 Å². The first kappa shape index (κ1) is 123. The lowest BCUT2D eigenvalue weighted by Gasteiger charge is -2.23. The fourth-order valence-electron chi connectivity index (χ4n) is 9.89. The molecular weight excluding hydrogens is 2160 g/mol. The van der Waals surface area contributed by atoms with Crippen molar-refractivity contribution >= 4 is 150 Å². The van der Waals surface area contributed by atoms with Crippen molar-refractivity contribution in [2.75, 3.05) is 52.4 Å². The van der Waals surface area contributed by atoms with Crippen LogP contribution in [0.25, 0.3) is 20.9 Å². The number of ether oxygens (including phenoxy) is 4. The van der Waals surface area contributed by atoms with E-state index in [9.17, 15) is 170 Å². The third-order valence-electron chi connectivity index (χ3n) is 16.8. The number of halogens is 5. The van der Waals surface area contributed by atoms with Gasteiger partial charge in [-0.3, -0.25) is 47.2 Å². The molecule has 2 aliphatic heterocycles. The Hall–Kier alpha value is -18.0. The molecule has 11 aromatic rings. The molecule has 0 unspecified atom stereocenters. The number of aromatic amines is 3. The van der Waals surface area contributed by atoms with Gasteiger partial charge in [-0.15, -0.1) is 0 Å². The molecule has 0 radical (unpaired) electrons. The number of hydrogen-bond donors (Lipinski definition) is 8. The van der Waals surface area contributed by atoms with Crippen molar-refractivity contribution in [3.05, 3.63) is 307 Å². The molecule has 6 atom stereocenters. The number of carbonyl (C=O) groups excluding carboxylic acids is 2. The van der Waals surface area contributed by atoms with Crippen molar-refractivity contribution in [1.29, 1.82) is 0 Å². The number of imidazole rings is 9. The number of H-pyrrole nitrogens is 3. The maximum Gasteiger partial charge on any atom is 0.435 e. The predicted molar refractivity (Wildman–Crippen MR) is 492 cm³/mol. The number of benzene rings is 2. The predicted octanol–water partition coefficient (Wildman–Crippen LogP) is 7.97. The first-order valence-corrected chi connectivity index (χ1v) is 42.6. The molecule has 0 bridgehead atoms. The van der Waals surface area contributed by atoms with Crippen LogP contribution in [0, 0.1) is 131 Å². The van der Waals surface area contributed by atoms with Crippen LogP contribution in [0.15, 0.2) is 127 Å². The number of nitrogens with one attached hydrogen (secondary N) is 3. The summed E-state index contributed by atoms with van der Waals surface area (Å²) in [5, 5.41) is 187. The number of epoxide rings is 1. The van der Waals surface area contributed by atoms with Gasteiger partial charge in [0, 0.05) is 39.1 Å². The van der Waals surface area contributed by atoms with E-state index in [4.69, 9.17) is 93.1 Å². The van der Waals surface area contributed by atoms with Gasteiger partial charge in [-0.25, -0.2) is 34.7 Å². The molecule has 77 nitrogen and oxygen atoms in total. The van der Waals surface area contributed by atoms with E-state index in [0.29, 0.717) is 23.4 Å². The molecule has 2 aromatic carbocycles. The molecule has 2 aliphatic rings. The third-order valence-corrected chi connectivity index (χ3v) is 18.8. The quantitative estimate of drug-likeness (QED) is 0.00273. The molecule has 1 saturated heterocycles. The van der Waals surface area contributed by atoms with Crippen LogP contribution in [0.4, 0.5) is 69.7 Å². The van der Waals surface area contributed by atoms with Crippen LogP contribution in [0.5, 0.6) is 6.01 Å². The maximum absolute atomic E-state index is 11.9. The van der Waals surface area contributed by atoms with Gasteiger partial charge in [-0.05, 0) is 214 Å². The zero-order chi connectivity index (χ0) is 113. The van der Waals surface area contributed by atoms with Gasteiger partial charge in [0.15, 0.2) is 23.8 Å². The van der Waals surface area contributed by atoms with Gasteiger partial charge in [-0.1, -0.05) is 15.2 Å². The van der Waals surface area contributed by atoms with Crippen LogP contribution in [-0.4, -0.2) is 283 Å². The monoisotopic (exact) mass is 2230 g/mol. The van der Waals surface area contributed by atoms with Crippen molar-refractivity contribution in [1.82, 2.24) is 87.3 Å². The highest BCUT2D eigenvalue weighted by molar-refractivity contribution is 7.86. The summed E-state index contributed by atoms with van der Waals surface area (Å²) in [6, 6.07) is 10.2. The number of aliphatic hydroxyl groups is 5. The Morgan fingerprint density at radius 3 is 1.19 bits per heavy atom. The molecule has 0 saturated carbocycles. The summed E-state index contributed by atoms with van der Waals surface area (Å²) in [6.07, 6.45) is 12.2. The number of aromatic nitrogens is 18. The summed E-state index contributed by atoms with van der Waals surface area (Å²) in [6.45, 7) is 8.22. The Morgan fingerprint density at radius 1 is 0.497 bits per heavy atom. The molecule has 802 valence electrons. The summed E-state index contributed by atoms with van der Waals surface area (Å²) >= 11 is 27.9. The molecule has 13 rings (SSSR count). The standard InChI is InChI=1S/C14H13ClN4O7.C11H11NO5.C8H12ClN3O6S.C7H9ClN6O3.C7H10ClN3O4.C7H8N6O3.C3H2ClN3O2.2C3H2N4O4.C3H3N3O2/c1-14(21,7-17-6-11(19(24)25)16-13(17)15)8-26-12(20)9-2-4-10(5-3-9)18(22)23;1-11(7-17-11)6-16-10(13)8-2-4-9(5-3-8)12(14)15;1-8(13,5-18-19(2,16)17)4-11-3-6(12(14)15)10-7(11)9;1-7(15,3-10-12-9)4-13-2-5(14(16)17)11-6(13)8;1-7(13,4-12)3-10-2-5(11(14)15)9-6(10)8;1-7(3-9-11-8)4-12-2-5(13(14)15)10-6(12)16-7;4-3-5-1-2(6-3)7(8)9;8-6(9)3-1-5(2-4-3)7(10)11;8-6(9)2-1-4-3(5-2)7(10)11;7-6(8)3-1-4-2-5-3/h2-6,21H,7-8H2,1H3;2-5H,6-7H2,1H3;3,13H,4-5H2,1-2H3;2,15H,3-4H2,1H3;2,12-13H,3-4H2,1H3;2H,3-4H2,1H3;1H,(H,5,6);1-2H;1H,(H,4,5);1-2H,(H,4,5)/t14-;11-;8-;3*7-;;;;/m101010..../s1. The second-order valence-corrected chi connectivity index (χ2v) is 33.8. The van der Waals surface area contributed by atoms with Gasteiger partial charge in [-0.2, -0.15) is 18.4 Å². The fourth-order valence-corrected chi connectivity index (χ4v) is 11.3. The van der Waals surface area contributed by atoms with E-state index in [2.05, 4.69) is 79.1 Å². The molecule has 83 heteroatoms. The zero-order valence-electron chi connectivity index (χ0n) is 76.0. The van der Waals surface area contributed by atoms with Gasteiger partial charge in [0.25, 0.3) is 33.1 Å². The minimum absolute atomic E-state index is 0.0294. The molecule has 0 amide bonds. The molecule has 9 aromatic heterocycles. The van der Waals surface area contributed by atoms with Gasteiger partial charge in [0.2, 0.25) is 0 Å². The normalized spacial score (nSPS) is 14.6. The van der Waals surface area contributed by atoms with E-state index in [0.717, 1.165) is 83.4 Å². The van der Waals surface area contributed by atoms with Crippen molar-refractivity contribution in [3.63, 3.8) is 0 Å². The molecule has 1 fully saturated rings. The summed E-state index contributed by atoms with van der Waals surface area (Å²) in [5.41, 5.74) is 9.54. The molecule has 8 N–H and O–H groups in total. The zero-order valence-corrected chi connectivity index (χ0v) is 80.6. The smallest absolute Gasteiger partial charge is 0.435 e. The molecular formula is C66H72Cl5N37O40S. The Balaban J connectivity index is 0.000000350. The van der Waals surface area contributed by atoms with E-state index < -0.39 is 175 Å². The van der Waals surface area contributed by atoms with Crippen LogP contribution < -0.4 is 4.74 Å².